The van der Waals surface area contributed by atoms with Crippen molar-refractivity contribution >= 4 is 12.0 Å². The molecule has 1 atom stereocenters. The van der Waals surface area contributed by atoms with Gasteiger partial charge in [0.05, 0.1) is 12.3 Å². The summed E-state index contributed by atoms with van der Waals surface area (Å²) in [6, 6.07) is 4.71. The van der Waals surface area contributed by atoms with Gasteiger partial charge in [-0.2, -0.15) is 0 Å². The summed E-state index contributed by atoms with van der Waals surface area (Å²) in [5.74, 6) is -0.365. The Hall–Kier alpha value is -1.42. The molecule has 0 aliphatic heterocycles. The first-order chi connectivity index (χ1) is 8.65. The fourth-order valence-corrected chi connectivity index (χ4v) is 1.89. The summed E-state index contributed by atoms with van der Waals surface area (Å²) < 4.78 is 19.0. The van der Waals surface area contributed by atoms with Gasteiger partial charge in [-0.1, -0.05) is 13.0 Å². The first kappa shape index (κ1) is 14.6. The van der Waals surface area contributed by atoms with Gasteiger partial charge in [0, 0.05) is 25.3 Å². The Labute approximate surface area is 108 Å². The highest BCUT2D eigenvalue weighted by Crippen LogP contribution is 2.26. The van der Waals surface area contributed by atoms with Crippen LogP contribution in [-0.4, -0.2) is 32.6 Å². The number of aldehydes is 1. The quantitative estimate of drug-likeness (QED) is 0.700. The van der Waals surface area contributed by atoms with Crippen molar-refractivity contribution in [2.45, 2.75) is 26.3 Å². The molecule has 0 spiro atoms. The molecule has 0 N–H and O–H groups in total. The summed E-state index contributed by atoms with van der Waals surface area (Å²) in [6.45, 7) is 5.10. The number of nitrogens with zero attached hydrogens (tertiary/aromatic N) is 1. The highest BCUT2D eigenvalue weighted by molar-refractivity contribution is 5.85. The first-order valence-corrected chi connectivity index (χ1v) is 6.15. The zero-order valence-corrected chi connectivity index (χ0v) is 11.1. The van der Waals surface area contributed by atoms with Gasteiger partial charge < -0.3 is 9.64 Å². The van der Waals surface area contributed by atoms with E-state index in [1.54, 1.807) is 19.2 Å². The van der Waals surface area contributed by atoms with Gasteiger partial charge >= 0.3 is 0 Å². The average Bonchev–Trinajstić information content (AvgIpc) is 2.39. The summed E-state index contributed by atoms with van der Waals surface area (Å²) in [5.41, 5.74) is 0.755. The molecule has 1 unspecified atom stereocenters. The molecule has 100 valence electrons. The lowest BCUT2D eigenvalue weighted by Crippen LogP contribution is -2.36. The van der Waals surface area contributed by atoms with Gasteiger partial charge in [-0.25, -0.2) is 4.39 Å². The number of anilines is 1. The molecule has 0 amide bonds. The number of carbonyl (C=O) groups is 1. The number of methoxy groups -OCH3 is 1. The van der Waals surface area contributed by atoms with E-state index < -0.39 is 0 Å². The Balaban J connectivity index is 3.14. The van der Waals surface area contributed by atoms with E-state index in [2.05, 4.69) is 0 Å². The average molecular weight is 253 g/mol. The topological polar surface area (TPSA) is 29.5 Å². The molecule has 0 saturated carbocycles. The van der Waals surface area contributed by atoms with Gasteiger partial charge in [-0.05, 0) is 25.5 Å². The number of hydrogen-bond acceptors (Lipinski definition) is 3. The molecule has 0 saturated heterocycles. The van der Waals surface area contributed by atoms with Crippen molar-refractivity contribution in [2.75, 3.05) is 25.2 Å². The number of para-hydroxylation sites is 1. The largest absolute Gasteiger partial charge is 0.383 e. The van der Waals surface area contributed by atoms with Crippen LogP contribution in [0.15, 0.2) is 18.2 Å². The molecule has 1 rings (SSSR count). The van der Waals surface area contributed by atoms with Crippen LogP contribution in [0, 0.1) is 5.82 Å². The Morgan fingerprint density at radius 3 is 2.78 bits per heavy atom. The fraction of sp³-hybridized carbons (Fsp3) is 0.500. The number of hydrogen-bond donors (Lipinski definition) is 0. The number of benzene rings is 1. The number of rotatable bonds is 7. The van der Waals surface area contributed by atoms with Crippen LogP contribution in [0.5, 0.6) is 0 Å². The van der Waals surface area contributed by atoms with Crippen molar-refractivity contribution < 1.29 is 13.9 Å². The SMILES string of the molecule is CCC(C)N(CCOC)c1c(F)cccc1C=O. The van der Waals surface area contributed by atoms with Crippen LogP contribution in [0.4, 0.5) is 10.1 Å². The second kappa shape index (κ2) is 7.11. The molecule has 0 bridgehead atoms. The highest BCUT2D eigenvalue weighted by atomic mass is 19.1. The van der Waals surface area contributed by atoms with Gasteiger partial charge in [0.1, 0.15) is 5.82 Å². The number of carbonyl (C=O) groups excluding carboxylic acids is 1. The zero-order chi connectivity index (χ0) is 13.5. The molecule has 0 aliphatic rings. The van der Waals surface area contributed by atoms with Gasteiger partial charge in [-0.15, -0.1) is 0 Å². The molecule has 0 radical (unpaired) electrons. The molecule has 0 heterocycles. The van der Waals surface area contributed by atoms with Crippen molar-refractivity contribution in [2.24, 2.45) is 0 Å². The van der Waals surface area contributed by atoms with Crippen LogP contribution >= 0.6 is 0 Å². The fourth-order valence-electron chi connectivity index (χ4n) is 1.89. The molecule has 0 fully saturated rings. The molecule has 3 nitrogen and oxygen atoms in total. The predicted molar refractivity (Wildman–Crippen MR) is 70.8 cm³/mol. The normalized spacial score (nSPS) is 12.2. The summed E-state index contributed by atoms with van der Waals surface area (Å²) >= 11 is 0. The van der Waals surface area contributed by atoms with Crippen LogP contribution in [0.3, 0.4) is 0 Å². The lowest BCUT2D eigenvalue weighted by Gasteiger charge is -2.31. The molecule has 4 heteroatoms. The van der Waals surface area contributed by atoms with E-state index in [-0.39, 0.29) is 11.9 Å². The summed E-state index contributed by atoms with van der Waals surface area (Å²) in [5, 5.41) is 0. The van der Waals surface area contributed by atoms with Gasteiger partial charge in [-0.3, -0.25) is 4.79 Å². The minimum atomic E-state index is -0.365. The third-order valence-electron chi connectivity index (χ3n) is 3.09. The zero-order valence-electron chi connectivity index (χ0n) is 11.1. The monoisotopic (exact) mass is 253 g/mol. The van der Waals surface area contributed by atoms with Crippen molar-refractivity contribution in [3.05, 3.63) is 29.6 Å². The van der Waals surface area contributed by atoms with Crippen LogP contribution in [0.25, 0.3) is 0 Å². The minimum absolute atomic E-state index is 0.149. The van der Waals surface area contributed by atoms with E-state index >= 15 is 0 Å². The molecule has 18 heavy (non-hydrogen) atoms. The van der Waals surface area contributed by atoms with E-state index in [1.807, 2.05) is 18.7 Å². The Kier molecular flexibility index (Phi) is 5.78. The van der Waals surface area contributed by atoms with Gasteiger partial charge in [0.25, 0.3) is 0 Å². The maximum atomic E-state index is 14.0. The van der Waals surface area contributed by atoms with Gasteiger partial charge in [0.2, 0.25) is 0 Å². The van der Waals surface area contributed by atoms with E-state index in [1.165, 1.54) is 6.07 Å². The van der Waals surface area contributed by atoms with E-state index in [4.69, 9.17) is 4.74 Å². The Bertz CT molecular complexity index is 395. The smallest absolute Gasteiger partial charge is 0.152 e. The lowest BCUT2D eigenvalue weighted by atomic mass is 10.1. The highest BCUT2D eigenvalue weighted by Gasteiger charge is 2.19. The second-order valence-corrected chi connectivity index (χ2v) is 4.24. The molecule has 0 aromatic heterocycles. The van der Waals surface area contributed by atoms with E-state index in [0.29, 0.717) is 30.7 Å². The van der Waals surface area contributed by atoms with Crippen molar-refractivity contribution in [3.63, 3.8) is 0 Å². The first-order valence-electron chi connectivity index (χ1n) is 6.15. The van der Waals surface area contributed by atoms with E-state index in [9.17, 15) is 9.18 Å². The molecule has 1 aromatic rings. The minimum Gasteiger partial charge on any atom is -0.383 e. The predicted octanol–water partition coefficient (Wildman–Crippen LogP) is 2.89. The van der Waals surface area contributed by atoms with Crippen molar-refractivity contribution in [3.8, 4) is 0 Å². The van der Waals surface area contributed by atoms with Crippen LogP contribution in [0.1, 0.15) is 30.6 Å². The second-order valence-electron chi connectivity index (χ2n) is 4.24. The summed E-state index contributed by atoms with van der Waals surface area (Å²) in [6.07, 6.45) is 1.57. The Morgan fingerprint density at radius 1 is 1.50 bits per heavy atom. The van der Waals surface area contributed by atoms with Crippen LogP contribution in [-0.2, 0) is 4.74 Å². The third kappa shape index (κ3) is 3.29. The molecular weight excluding hydrogens is 233 g/mol. The number of ether oxygens (including phenoxy) is 1. The standard InChI is InChI=1S/C14H20FNO2/c1-4-11(2)16(8-9-18-3)14-12(10-17)6-5-7-13(14)15/h5-7,10-11H,4,8-9H2,1-3H3. The summed E-state index contributed by atoms with van der Waals surface area (Å²) in [7, 11) is 1.61. The van der Waals surface area contributed by atoms with Crippen molar-refractivity contribution in [1.29, 1.82) is 0 Å². The molecule has 1 aromatic carbocycles. The maximum absolute atomic E-state index is 14.0. The Morgan fingerprint density at radius 2 is 2.22 bits per heavy atom. The van der Waals surface area contributed by atoms with Gasteiger partial charge in [0.15, 0.2) is 6.29 Å². The number of halogens is 1. The van der Waals surface area contributed by atoms with Crippen LogP contribution < -0.4 is 4.90 Å². The molecule has 0 aliphatic carbocycles. The summed E-state index contributed by atoms with van der Waals surface area (Å²) in [4.78, 5) is 12.9. The lowest BCUT2D eigenvalue weighted by molar-refractivity contribution is 0.112. The van der Waals surface area contributed by atoms with Crippen LogP contribution in [0.2, 0.25) is 0 Å². The maximum Gasteiger partial charge on any atom is 0.152 e. The van der Waals surface area contributed by atoms with E-state index in [0.717, 1.165) is 6.42 Å². The molecular formula is C14H20FNO2. The third-order valence-corrected chi connectivity index (χ3v) is 3.09. The van der Waals surface area contributed by atoms with Crippen molar-refractivity contribution in [1.82, 2.24) is 0 Å².